The second-order valence-corrected chi connectivity index (χ2v) is 4.30. The van der Waals surface area contributed by atoms with Crippen LogP contribution in [0.25, 0.3) is 11.4 Å². The second-order valence-electron chi connectivity index (χ2n) is 4.30. The van der Waals surface area contributed by atoms with Gasteiger partial charge in [-0.2, -0.15) is 0 Å². The first-order chi connectivity index (χ1) is 8.27. The maximum atomic E-state index is 13.7. The minimum atomic E-state index is -0.587. The molecule has 1 aliphatic rings. The molecule has 1 aromatic carbocycles. The van der Waals surface area contributed by atoms with Crippen LogP contribution < -0.4 is 0 Å². The van der Waals surface area contributed by atoms with Gasteiger partial charge in [-0.3, -0.25) is 0 Å². The Balaban J connectivity index is 2.17. The number of benzene rings is 1. The third-order valence-corrected chi connectivity index (χ3v) is 3.18. The fraction of sp³-hybridized carbons (Fsp3) is 0.308. The number of nitrogens with zero attached hydrogens (tertiary/aromatic N) is 2. The molecule has 1 unspecified atom stereocenters. The van der Waals surface area contributed by atoms with E-state index in [0.717, 1.165) is 18.5 Å². The number of aliphatic hydroxyl groups is 1. The fourth-order valence-corrected chi connectivity index (χ4v) is 2.35. The maximum Gasteiger partial charge on any atom is 0.145 e. The molecule has 0 bridgehead atoms. The number of fused-ring (bicyclic) bond motifs is 1. The number of aliphatic hydroxyl groups excluding tert-OH is 1. The van der Waals surface area contributed by atoms with Crippen molar-refractivity contribution < 1.29 is 9.50 Å². The van der Waals surface area contributed by atoms with E-state index >= 15 is 0 Å². The van der Waals surface area contributed by atoms with E-state index in [0.29, 0.717) is 17.8 Å². The van der Waals surface area contributed by atoms with E-state index in [1.807, 2.05) is 0 Å². The van der Waals surface area contributed by atoms with Crippen molar-refractivity contribution in [1.82, 2.24) is 9.55 Å². The lowest BCUT2D eigenvalue weighted by Gasteiger charge is -2.22. The minimum Gasteiger partial charge on any atom is -0.373 e. The summed E-state index contributed by atoms with van der Waals surface area (Å²) in [6, 6.07) is 6.52. The van der Waals surface area contributed by atoms with Gasteiger partial charge in [-0.15, -0.1) is 0 Å². The van der Waals surface area contributed by atoms with Crippen LogP contribution in [0.15, 0.2) is 30.5 Å². The van der Waals surface area contributed by atoms with Crippen LogP contribution in [0.4, 0.5) is 4.39 Å². The highest BCUT2D eigenvalue weighted by Gasteiger charge is 2.23. The SMILES string of the molecule is OC1CCCc2cnc(-c3ccccc3F)n21. The van der Waals surface area contributed by atoms with Crippen LogP contribution in [0.5, 0.6) is 0 Å². The number of rotatable bonds is 1. The number of hydrogen-bond donors (Lipinski definition) is 1. The fourth-order valence-electron chi connectivity index (χ4n) is 2.35. The average Bonchev–Trinajstić information content (AvgIpc) is 2.75. The zero-order valence-corrected chi connectivity index (χ0v) is 9.31. The molecule has 1 atom stereocenters. The van der Waals surface area contributed by atoms with Gasteiger partial charge in [-0.1, -0.05) is 12.1 Å². The molecule has 0 saturated heterocycles. The van der Waals surface area contributed by atoms with E-state index in [2.05, 4.69) is 4.98 Å². The summed E-state index contributed by atoms with van der Waals surface area (Å²) in [6.45, 7) is 0. The highest BCUT2D eigenvalue weighted by molar-refractivity contribution is 5.57. The molecule has 1 aliphatic heterocycles. The smallest absolute Gasteiger partial charge is 0.145 e. The zero-order valence-electron chi connectivity index (χ0n) is 9.31. The molecule has 0 amide bonds. The Hall–Kier alpha value is -1.68. The Bertz CT molecular complexity index is 550. The van der Waals surface area contributed by atoms with Gasteiger partial charge in [0.05, 0.1) is 5.56 Å². The van der Waals surface area contributed by atoms with Crippen LogP contribution in [0.1, 0.15) is 24.8 Å². The number of hydrogen-bond acceptors (Lipinski definition) is 2. The number of halogens is 1. The Morgan fingerprint density at radius 3 is 3.00 bits per heavy atom. The van der Waals surface area contributed by atoms with Crippen molar-refractivity contribution in [3.05, 3.63) is 42.0 Å². The second kappa shape index (κ2) is 3.96. The zero-order chi connectivity index (χ0) is 11.8. The lowest BCUT2D eigenvalue weighted by molar-refractivity contribution is 0.0806. The molecule has 2 heterocycles. The largest absolute Gasteiger partial charge is 0.373 e. The first kappa shape index (κ1) is 10.5. The monoisotopic (exact) mass is 232 g/mol. The number of aryl methyl sites for hydroxylation is 1. The molecule has 0 radical (unpaired) electrons. The van der Waals surface area contributed by atoms with Crippen molar-refractivity contribution in [1.29, 1.82) is 0 Å². The summed E-state index contributed by atoms with van der Waals surface area (Å²) < 4.78 is 15.5. The first-order valence-electron chi connectivity index (χ1n) is 5.76. The molecular weight excluding hydrogens is 219 g/mol. The summed E-state index contributed by atoms with van der Waals surface area (Å²) in [5, 5.41) is 9.98. The molecule has 17 heavy (non-hydrogen) atoms. The predicted octanol–water partition coefficient (Wildman–Crippen LogP) is 2.52. The molecule has 1 aromatic heterocycles. The molecule has 88 valence electrons. The minimum absolute atomic E-state index is 0.307. The summed E-state index contributed by atoms with van der Waals surface area (Å²) in [5.74, 6) is 0.212. The third-order valence-electron chi connectivity index (χ3n) is 3.18. The quantitative estimate of drug-likeness (QED) is 0.820. The Morgan fingerprint density at radius 1 is 1.35 bits per heavy atom. The van der Waals surface area contributed by atoms with Crippen molar-refractivity contribution in [3.8, 4) is 11.4 Å². The van der Waals surface area contributed by atoms with Gasteiger partial charge in [0.1, 0.15) is 17.9 Å². The Kier molecular flexibility index (Phi) is 2.44. The highest BCUT2D eigenvalue weighted by Crippen LogP contribution is 2.30. The van der Waals surface area contributed by atoms with Crippen LogP contribution >= 0.6 is 0 Å². The van der Waals surface area contributed by atoms with Crippen molar-refractivity contribution in [2.45, 2.75) is 25.5 Å². The van der Waals surface area contributed by atoms with Crippen LogP contribution in [-0.4, -0.2) is 14.7 Å². The van der Waals surface area contributed by atoms with Crippen LogP contribution in [-0.2, 0) is 6.42 Å². The molecule has 3 rings (SSSR count). The lowest BCUT2D eigenvalue weighted by atomic mass is 10.1. The standard InChI is InChI=1S/C13H13FN2O/c14-11-6-2-1-5-10(11)13-15-8-9-4-3-7-12(17)16(9)13/h1-2,5-6,8,12,17H,3-4,7H2. The number of aromatic nitrogens is 2. The molecule has 0 aliphatic carbocycles. The van der Waals surface area contributed by atoms with Crippen LogP contribution in [0.3, 0.4) is 0 Å². The van der Waals surface area contributed by atoms with Gasteiger partial charge in [0.15, 0.2) is 0 Å². The van der Waals surface area contributed by atoms with E-state index < -0.39 is 6.23 Å². The summed E-state index contributed by atoms with van der Waals surface area (Å²) in [5.41, 5.74) is 1.42. The van der Waals surface area contributed by atoms with Crippen LogP contribution in [0.2, 0.25) is 0 Å². The van der Waals surface area contributed by atoms with Gasteiger partial charge in [0, 0.05) is 11.9 Å². The summed E-state index contributed by atoms with van der Waals surface area (Å²) in [6.07, 6.45) is 3.67. The van der Waals surface area contributed by atoms with Gasteiger partial charge < -0.3 is 9.67 Å². The van der Waals surface area contributed by atoms with Gasteiger partial charge in [-0.25, -0.2) is 9.37 Å². The molecule has 2 aromatic rings. The maximum absolute atomic E-state index is 13.7. The van der Waals surface area contributed by atoms with E-state index in [1.54, 1.807) is 29.0 Å². The Labute approximate surface area is 98.5 Å². The molecular formula is C13H13FN2O. The molecule has 4 heteroatoms. The van der Waals surface area contributed by atoms with Gasteiger partial charge in [-0.05, 0) is 31.4 Å². The average molecular weight is 232 g/mol. The molecule has 3 nitrogen and oxygen atoms in total. The van der Waals surface area contributed by atoms with Crippen molar-refractivity contribution in [3.63, 3.8) is 0 Å². The lowest BCUT2D eigenvalue weighted by Crippen LogP contribution is -2.17. The third kappa shape index (κ3) is 1.65. The molecule has 1 N–H and O–H groups in total. The molecule has 0 saturated carbocycles. The van der Waals surface area contributed by atoms with Gasteiger partial charge in [0.25, 0.3) is 0 Å². The van der Waals surface area contributed by atoms with E-state index in [-0.39, 0.29) is 5.82 Å². The normalized spacial score (nSPS) is 19.1. The van der Waals surface area contributed by atoms with Gasteiger partial charge >= 0.3 is 0 Å². The van der Waals surface area contributed by atoms with E-state index in [9.17, 15) is 9.50 Å². The Morgan fingerprint density at radius 2 is 2.18 bits per heavy atom. The molecule has 0 spiro atoms. The van der Waals surface area contributed by atoms with Crippen molar-refractivity contribution >= 4 is 0 Å². The van der Waals surface area contributed by atoms with E-state index in [4.69, 9.17) is 0 Å². The highest BCUT2D eigenvalue weighted by atomic mass is 19.1. The summed E-state index contributed by atoms with van der Waals surface area (Å²) in [4.78, 5) is 4.24. The summed E-state index contributed by atoms with van der Waals surface area (Å²) in [7, 11) is 0. The van der Waals surface area contributed by atoms with Crippen molar-refractivity contribution in [2.75, 3.05) is 0 Å². The van der Waals surface area contributed by atoms with E-state index in [1.165, 1.54) is 6.07 Å². The topological polar surface area (TPSA) is 38.1 Å². The molecule has 0 fully saturated rings. The van der Waals surface area contributed by atoms with Crippen LogP contribution in [0, 0.1) is 5.82 Å². The predicted molar refractivity (Wildman–Crippen MR) is 61.8 cm³/mol. The summed E-state index contributed by atoms with van der Waals surface area (Å²) >= 11 is 0. The van der Waals surface area contributed by atoms with Gasteiger partial charge in [0.2, 0.25) is 0 Å². The first-order valence-corrected chi connectivity index (χ1v) is 5.76. The van der Waals surface area contributed by atoms with Crippen molar-refractivity contribution in [2.24, 2.45) is 0 Å². The number of imidazole rings is 1.